The van der Waals surface area contributed by atoms with E-state index in [4.69, 9.17) is 0 Å². The predicted octanol–water partition coefficient (Wildman–Crippen LogP) is 3.13. The molecule has 126 valence electrons. The van der Waals surface area contributed by atoms with Gasteiger partial charge in [0.15, 0.2) is 0 Å². The van der Waals surface area contributed by atoms with Crippen molar-refractivity contribution in [3.63, 3.8) is 0 Å². The molecular formula is C18H32N2O2. The average molecular weight is 308 g/mol. The highest BCUT2D eigenvalue weighted by atomic mass is 16.2. The normalized spacial score (nSPS) is 22.5. The second-order valence-corrected chi connectivity index (χ2v) is 8.82. The van der Waals surface area contributed by atoms with Gasteiger partial charge in [0, 0.05) is 25.4 Å². The molecule has 0 aromatic rings. The fraction of sp³-hybridized carbons (Fsp3) is 0.778. The number of nitrogens with one attached hydrogen (secondary N) is 1. The molecule has 1 rings (SSSR count). The van der Waals surface area contributed by atoms with Gasteiger partial charge in [0.25, 0.3) is 0 Å². The summed E-state index contributed by atoms with van der Waals surface area (Å²) in [7, 11) is 0. The van der Waals surface area contributed by atoms with Crippen LogP contribution in [0.1, 0.15) is 60.8 Å². The Bertz CT molecular complexity index is 429. The smallest absolute Gasteiger partial charge is 0.223 e. The maximum atomic E-state index is 12.5. The number of carbonyl (C=O) groups is 2. The molecule has 0 bridgehead atoms. The van der Waals surface area contributed by atoms with E-state index in [1.807, 2.05) is 31.7 Å². The highest BCUT2D eigenvalue weighted by Crippen LogP contribution is 2.26. The van der Waals surface area contributed by atoms with Crippen LogP contribution in [0.2, 0.25) is 0 Å². The Labute approximate surface area is 135 Å². The van der Waals surface area contributed by atoms with E-state index in [0.717, 1.165) is 6.42 Å². The van der Waals surface area contributed by atoms with E-state index in [-0.39, 0.29) is 34.7 Å². The van der Waals surface area contributed by atoms with E-state index in [2.05, 4.69) is 32.7 Å². The Hall–Kier alpha value is -1.32. The predicted molar refractivity (Wildman–Crippen MR) is 90.4 cm³/mol. The van der Waals surface area contributed by atoms with Crippen molar-refractivity contribution in [2.45, 2.75) is 72.9 Å². The molecule has 1 aliphatic rings. The van der Waals surface area contributed by atoms with Crippen LogP contribution in [0.3, 0.4) is 0 Å². The molecule has 0 aromatic carbocycles. The summed E-state index contributed by atoms with van der Waals surface area (Å²) in [5.74, 6) is 0.204. The second kappa shape index (κ2) is 6.84. The molecule has 4 heteroatoms. The lowest BCUT2D eigenvalue weighted by molar-refractivity contribution is -0.133. The third-order valence-electron chi connectivity index (χ3n) is 3.67. The Balaban J connectivity index is 2.63. The van der Waals surface area contributed by atoms with Gasteiger partial charge in [-0.2, -0.15) is 0 Å². The third-order valence-corrected chi connectivity index (χ3v) is 3.67. The van der Waals surface area contributed by atoms with Crippen molar-refractivity contribution < 1.29 is 9.59 Å². The van der Waals surface area contributed by atoms with Crippen molar-refractivity contribution in [2.24, 2.45) is 10.8 Å². The maximum Gasteiger partial charge on any atom is 0.223 e. The lowest BCUT2D eigenvalue weighted by Crippen LogP contribution is -2.40. The molecule has 2 amide bonds. The van der Waals surface area contributed by atoms with Crippen LogP contribution in [-0.2, 0) is 9.59 Å². The maximum absolute atomic E-state index is 12.5. The number of likely N-dealkylation sites (tertiary alicyclic amines) is 1. The summed E-state index contributed by atoms with van der Waals surface area (Å²) < 4.78 is 0. The van der Waals surface area contributed by atoms with Crippen LogP contribution in [0, 0.1) is 10.8 Å². The highest BCUT2D eigenvalue weighted by Gasteiger charge is 2.35. The Morgan fingerprint density at radius 3 is 2.14 bits per heavy atom. The Morgan fingerprint density at radius 2 is 1.68 bits per heavy atom. The Morgan fingerprint density at radius 1 is 1.14 bits per heavy atom. The molecule has 1 N–H and O–H groups in total. The first-order valence-corrected chi connectivity index (χ1v) is 8.13. The number of amides is 2. The molecule has 0 radical (unpaired) electrons. The summed E-state index contributed by atoms with van der Waals surface area (Å²) in [4.78, 5) is 26.4. The van der Waals surface area contributed by atoms with Crippen LogP contribution in [0.5, 0.6) is 0 Å². The van der Waals surface area contributed by atoms with Crippen molar-refractivity contribution in [1.82, 2.24) is 10.2 Å². The lowest BCUT2D eigenvalue weighted by atomic mass is 9.91. The quantitative estimate of drug-likeness (QED) is 0.811. The number of nitrogens with zero attached hydrogens (tertiary/aromatic N) is 1. The van der Waals surface area contributed by atoms with Crippen LogP contribution in [0.15, 0.2) is 12.7 Å². The molecule has 4 nitrogen and oxygen atoms in total. The minimum Gasteiger partial charge on any atom is -0.351 e. The molecule has 1 heterocycles. The Kier molecular flexibility index (Phi) is 5.82. The molecule has 0 aliphatic carbocycles. The first kappa shape index (κ1) is 18.7. The van der Waals surface area contributed by atoms with Crippen molar-refractivity contribution in [1.29, 1.82) is 0 Å². The van der Waals surface area contributed by atoms with Gasteiger partial charge in [0.1, 0.15) is 0 Å². The molecular weight excluding hydrogens is 276 g/mol. The molecule has 0 aromatic heterocycles. The first-order valence-electron chi connectivity index (χ1n) is 8.13. The van der Waals surface area contributed by atoms with Gasteiger partial charge < -0.3 is 10.2 Å². The molecule has 2 atom stereocenters. The van der Waals surface area contributed by atoms with E-state index < -0.39 is 0 Å². The van der Waals surface area contributed by atoms with Gasteiger partial charge in [0.05, 0.1) is 6.04 Å². The van der Waals surface area contributed by atoms with E-state index in [1.165, 1.54) is 0 Å². The van der Waals surface area contributed by atoms with Crippen molar-refractivity contribution in [3.8, 4) is 0 Å². The molecule has 0 unspecified atom stereocenters. The van der Waals surface area contributed by atoms with Crippen molar-refractivity contribution in [2.75, 3.05) is 6.54 Å². The SMILES string of the molecule is C=C[C@@H]1C[C@H](NC(=O)CC(C)(C)C)CN1C(=O)CC(C)(C)C. The standard InChI is InChI=1S/C18H32N2O2/c1-8-14-9-13(19-15(21)10-17(2,3)4)12-20(14)16(22)11-18(5,6)7/h8,13-14H,1,9-12H2,2-7H3,(H,19,21)/t13-,14+/m0/s1. The van der Waals surface area contributed by atoms with Gasteiger partial charge in [0.2, 0.25) is 11.8 Å². The number of carbonyl (C=O) groups excluding carboxylic acids is 2. The minimum absolute atomic E-state index is 0.0230. The van der Waals surface area contributed by atoms with Crippen LogP contribution in [-0.4, -0.2) is 35.3 Å². The number of rotatable bonds is 4. The zero-order valence-corrected chi connectivity index (χ0v) is 15.0. The lowest BCUT2D eigenvalue weighted by Gasteiger charge is -2.26. The average Bonchev–Trinajstić information content (AvgIpc) is 2.66. The summed E-state index contributed by atoms with van der Waals surface area (Å²) in [6.45, 7) is 16.8. The molecule has 22 heavy (non-hydrogen) atoms. The molecule has 0 saturated carbocycles. The summed E-state index contributed by atoms with van der Waals surface area (Å²) in [5.41, 5.74) is -0.0569. The zero-order valence-electron chi connectivity index (χ0n) is 15.0. The minimum atomic E-state index is -0.0314. The third kappa shape index (κ3) is 6.20. The van der Waals surface area contributed by atoms with E-state index in [1.54, 1.807) is 0 Å². The van der Waals surface area contributed by atoms with E-state index >= 15 is 0 Å². The van der Waals surface area contributed by atoms with Crippen molar-refractivity contribution in [3.05, 3.63) is 12.7 Å². The summed E-state index contributed by atoms with van der Waals surface area (Å²) >= 11 is 0. The van der Waals surface area contributed by atoms with Crippen LogP contribution < -0.4 is 5.32 Å². The van der Waals surface area contributed by atoms with Gasteiger partial charge in [-0.3, -0.25) is 9.59 Å². The number of hydrogen-bond acceptors (Lipinski definition) is 2. The molecule has 0 spiro atoms. The van der Waals surface area contributed by atoms with Crippen LogP contribution in [0.4, 0.5) is 0 Å². The summed E-state index contributed by atoms with van der Waals surface area (Å²) in [5, 5.41) is 3.07. The largest absolute Gasteiger partial charge is 0.351 e. The fourth-order valence-corrected chi connectivity index (χ4v) is 2.80. The summed E-state index contributed by atoms with van der Waals surface area (Å²) in [6.07, 6.45) is 3.59. The van der Waals surface area contributed by atoms with Crippen LogP contribution >= 0.6 is 0 Å². The summed E-state index contributed by atoms with van der Waals surface area (Å²) in [6, 6.07) is 0.0524. The molecule has 1 fully saturated rings. The topological polar surface area (TPSA) is 49.4 Å². The fourth-order valence-electron chi connectivity index (χ4n) is 2.80. The molecule has 1 saturated heterocycles. The van der Waals surface area contributed by atoms with Gasteiger partial charge in [-0.15, -0.1) is 6.58 Å². The monoisotopic (exact) mass is 308 g/mol. The van der Waals surface area contributed by atoms with Gasteiger partial charge in [-0.25, -0.2) is 0 Å². The molecule has 1 aliphatic heterocycles. The van der Waals surface area contributed by atoms with E-state index in [9.17, 15) is 9.59 Å². The van der Waals surface area contributed by atoms with Crippen LogP contribution in [0.25, 0.3) is 0 Å². The zero-order chi connectivity index (χ0) is 17.1. The van der Waals surface area contributed by atoms with Gasteiger partial charge >= 0.3 is 0 Å². The van der Waals surface area contributed by atoms with Crippen molar-refractivity contribution >= 4 is 11.8 Å². The van der Waals surface area contributed by atoms with Gasteiger partial charge in [-0.1, -0.05) is 47.6 Å². The highest BCUT2D eigenvalue weighted by molar-refractivity contribution is 5.79. The van der Waals surface area contributed by atoms with E-state index in [0.29, 0.717) is 19.4 Å². The first-order chi connectivity index (χ1) is 9.91. The van der Waals surface area contributed by atoms with Gasteiger partial charge in [-0.05, 0) is 17.3 Å². The second-order valence-electron chi connectivity index (χ2n) is 8.82. The number of hydrogen-bond donors (Lipinski definition) is 1.